The molecule has 3 aromatic rings. The van der Waals surface area contributed by atoms with Crippen molar-refractivity contribution in [3.8, 4) is 0 Å². The Morgan fingerprint density at radius 3 is 2.64 bits per heavy atom. The largest absolute Gasteiger partial charge is 0.352 e. The van der Waals surface area contributed by atoms with Crippen molar-refractivity contribution >= 4 is 17.2 Å². The molecular weight excluding hydrogens is 368 g/mol. The van der Waals surface area contributed by atoms with Crippen LogP contribution in [0.25, 0.3) is 0 Å². The maximum atomic E-state index is 12.3. The Bertz CT molecular complexity index is 951. The summed E-state index contributed by atoms with van der Waals surface area (Å²) in [6, 6.07) is 16.6. The van der Waals surface area contributed by atoms with Crippen molar-refractivity contribution in [3.05, 3.63) is 80.8 Å². The van der Waals surface area contributed by atoms with Crippen molar-refractivity contribution < 1.29 is 4.79 Å². The monoisotopic (exact) mass is 392 g/mol. The van der Waals surface area contributed by atoms with Gasteiger partial charge in [0.2, 0.25) is 0 Å². The number of rotatable bonds is 6. The molecule has 1 aliphatic heterocycles. The molecule has 0 fully saturated rings. The summed E-state index contributed by atoms with van der Waals surface area (Å²) in [5.41, 5.74) is 4.83. The van der Waals surface area contributed by atoms with E-state index in [4.69, 9.17) is 0 Å². The number of fused-ring (bicyclic) bond motifs is 1. The first-order chi connectivity index (χ1) is 13.7. The number of carbonyl (C=O) groups excluding carboxylic acids is 1. The molecule has 2 aromatic carbocycles. The minimum absolute atomic E-state index is 0.0420. The molecule has 0 saturated carbocycles. The van der Waals surface area contributed by atoms with Gasteiger partial charge in [0.25, 0.3) is 5.91 Å². The van der Waals surface area contributed by atoms with Crippen molar-refractivity contribution in [2.45, 2.75) is 32.9 Å². The Hall–Kier alpha value is -2.57. The van der Waals surface area contributed by atoms with E-state index >= 15 is 0 Å². The molecule has 2 heterocycles. The highest BCUT2D eigenvalue weighted by Gasteiger charge is 2.16. The second-order valence-corrected chi connectivity index (χ2v) is 8.41. The van der Waals surface area contributed by atoms with Gasteiger partial charge < -0.3 is 5.32 Å². The fourth-order valence-corrected chi connectivity index (χ4v) is 4.24. The molecule has 0 radical (unpaired) electrons. The zero-order valence-corrected chi connectivity index (χ0v) is 16.8. The highest BCUT2D eigenvalue weighted by atomic mass is 32.1. The lowest BCUT2D eigenvalue weighted by Gasteiger charge is -2.28. The number of aromatic nitrogens is 2. The molecule has 0 aliphatic carbocycles. The minimum Gasteiger partial charge on any atom is -0.352 e. The lowest BCUT2D eigenvalue weighted by atomic mass is 9.99. The standard InChI is InChI=1S/C22H24N4OS/c1-16-24-25-21(28-16)10-12-23-22(27)19-8-6-17(7-9-19)14-26-13-11-18-4-2-3-5-20(18)15-26/h2-9H,10-15H2,1H3,(H,23,27). The van der Waals surface area contributed by atoms with Gasteiger partial charge in [-0.25, -0.2) is 0 Å². The summed E-state index contributed by atoms with van der Waals surface area (Å²) in [4.78, 5) is 14.8. The van der Waals surface area contributed by atoms with Gasteiger partial charge in [-0.15, -0.1) is 21.5 Å². The fourth-order valence-electron chi connectivity index (χ4n) is 3.53. The summed E-state index contributed by atoms with van der Waals surface area (Å²) < 4.78 is 0. The van der Waals surface area contributed by atoms with Gasteiger partial charge in [-0.1, -0.05) is 36.4 Å². The van der Waals surface area contributed by atoms with Gasteiger partial charge in [0.1, 0.15) is 10.0 Å². The van der Waals surface area contributed by atoms with Gasteiger partial charge in [-0.3, -0.25) is 9.69 Å². The SMILES string of the molecule is Cc1nnc(CCNC(=O)c2ccc(CN3CCc4ccccc4C3)cc2)s1. The van der Waals surface area contributed by atoms with E-state index < -0.39 is 0 Å². The zero-order valence-electron chi connectivity index (χ0n) is 16.0. The third-order valence-corrected chi connectivity index (χ3v) is 5.92. The maximum absolute atomic E-state index is 12.3. The van der Waals surface area contributed by atoms with E-state index in [2.05, 4.69) is 56.8 Å². The lowest BCUT2D eigenvalue weighted by molar-refractivity contribution is 0.0954. The van der Waals surface area contributed by atoms with Crippen molar-refractivity contribution in [1.29, 1.82) is 0 Å². The van der Waals surface area contributed by atoms with Gasteiger partial charge in [-0.05, 0) is 42.2 Å². The second-order valence-electron chi connectivity index (χ2n) is 7.15. The summed E-state index contributed by atoms with van der Waals surface area (Å²) in [5, 5.41) is 12.9. The first kappa shape index (κ1) is 18.8. The first-order valence-electron chi connectivity index (χ1n) is 9.62. The van der Waals surface area contributed by atoms with Gasteiger partial charge in [0.05, 0.1) is 0 Å². The molecule has 1 amide bonds. The van der Waals surface area contributed by atoms with Gasteiger partial charge in [0.15, 0.2) is 0 Å². The van der Waals surface area contributed by atoms with Crippen molar-refractivity contribution in [2.24, 2.45) is 0 Å². The molecule has 6 heteroatoms. The molecule has 144 valence electrons. The highest BCUT2D eigenvalue weighted by Crippen LogP contribution is 2.20. The zero-order chi connectivity index (χ0) is 19.3. The number of aryl methyl sites for hydroxylation is 1. The molecule has 1 aromatic heterocycles. The van der Waals surface area contributed by atoms with Crippen LogP contribution in [0.3, 0.4) is 0 Å². The van der Waals surface area contributed by atoms with Crippen LogP contribution in [0.2, 0.25) is 0 Å². The average molecular weight is 393 g/mol. The summed E-state index contributed by atoms with van der Waals surface area (Å²) >= 11 is 1.57. The van der Waals surface area contributed by atoms with E-state index in [0.29, 0.717) is 18.5 Å². The predicted octanol–water partition coefficient (Wildman–Crippen LogP) is 3.38. The van der Waals surface area contributed by atoms with Gasteiger partial charge in [0, 0.05) is 38.2 Å². The number of hydrogen-bond donors (Lipinski definition) is 1. The van der Waals surface area contributed by atoms with Crippen LogP contribution >= 0.6 is 11.3 Å². The highest BCUT2D eigenvalue weighted by molar-refractivity contribution is 7.11. The van der Waals surface area contributed by atoms with E-state index in [1.807, 2.05) is 19.1 Å². The molecule has 1 N–H and O–H groups in total. The Kier molecular flexibility index (Phi) is 5.78. The molecule has 5 nitrogen and oxygen atoms in total. The Morgan fingerprint density at radius 2 is 1.89 bits per heavy atom. The van der Waals surface area contributed by atoms with E-state index in [1.165, 1.54) is 16.7 Å². The lowest BCUT2D eigenvalue weighted by Crippen LogP contribution is -2.30. The van der Waals surface area contributed by atoms with Crippen LogP contribution in [0.4, 0.5) is 0 Å². The number of nitrogens with one attached hydrogen (secondary N) is 1. The van der Waals surface area contributed by atoms with E-state index in [-0.39, 0.29) is 5.91 Å². The molecule has 28 heavy (non-hydrogen) atoms. The van der Waals surface area contributed by atoms with Crippen molar-refractivity contribution in [3.63, 3.8) is 0 Å². The number of hydrogen-bond acceptors (Lipinski definition) is 5. The number of nitrogens with zero attached hydrogens (tertiary/aromatic N) is 3. The molecule has 4 rings (SSSR count). The summed E-state index contributed by atoms with van der Waals surface area (Å²) in [6.07, 6.45) is 1.82. The number of carbonyl (C=O) groups is 1. The Labute approximate surface area is 169 Å². The van der Waals surface area contributed by atoms with Gasteiger partial charge in [-0.2, -0.15) is 0 Å². The number of amides is 1. The molecule has 0 bridgehead atoms. The Balaban J connectivity index is 1.28. The summed E-state index contributed by atoms with van der Waals surface area (Å²) in [6.45, 7) is 5.48. The van der Waals surface area contributed by atoms with E-state index in [9.17, 15) is 4.79 Å². The quantitative estimate of drug-likeness (QED) is 0.699. The van der Waals surface area contributed by atoms with Crippen molar-refractivity contribution in [1.82, 2.24) is 20.4 Å². The normalized spacial score (nSPS) is 13.9. The van der Waals surface area contributed by atoms with Gasteiger partial charge >= 0.3 is 0 Å². The van der Waals surface area contributed by atoms with Crippen LogP contribution in [-0.4, -0.2) is 34.1 Å². The van der Waals surface area contributed by atoms with E-state index in [0.717, 1.165) is 36.1 Å². The predicted molar refractivity (Wildman–Crippen MR) is 111 cm³/mol. The van der Waals surface area contributed by atoms with Crippen LogP contribution in [0.1, 0.15) is 37.1 Å². The molecule has 1 aliphatic rings. The fraction of sp³-hybridized carbons (Fsp3) is 0.318. The molecule has 0 spiro atoms. The molecule has 0 saturated heterocycles. The second kappa shape index (κ2) is 8.63. The topological polar surface area (TPSA) is 58.1 Å². The molecular formula is C22H24N4OS. The summed E-state index contributed by atoms with van der Waals surface area (Å²) in [5.74, 6) is -0.0420. The maximum Gasteiger partial charge on any atom is 0.251 e. The van der Waals surface area contributed by atoms with E-state index in [1.54, 1.807) is 11.3 Å². The minimum atomic E-state index is -0.0420. The van der Waals surface area contributed by atoms with Crippen molar-refractivity contribution in [2.75, 3.05) is 13.1 Å². The number of benzene rings is 2. The smallest absolute Gasteiger partial charge is 0.251 e. The van der Waals surface area contributed by atoms with Crippen LogP contribution in [0.15, 0.2) is 48.5 Å². The summed E-state index contributed by atoms with van der Waals surface area (Å²) in [7, 11) is 0. The molecule has 0 unspecified atom stereocenters. The first-order valence-corrected chi connectivity index (χ1v) is 10.4. The van der Waals surface area contributed by atoms with Crippen LogP contribution in [0, 0.1) is 6.92 Å². The third-order valence-electron chi connectivity index (χ3n) is 5.02. The Morgan fingerprint density at radius 1 is 1.11 bits per heavy atom. The molecule has 0 atom stereocenters. The van der Waals surface area contributed by atoms with Crippen LogP contribution in [0.5, 0.6) is 0 Å². The van der Waals surface area contributed by atoms with Crippen LogP contribution in [-0.2, 0) is 25.9 Å². The average Bonchev–Trinajstić information content (AvgIpc) is 3.13. The van der Waals surface area contributed by atoms with Crippen LogP contribution < -0.4 is 5.32 Å². The third kappa shape index (κ3) is 4.64.